The smallest absolute Gasteiger partial charge is 0.335 e. The molecule has 2 amide bonds. The molecule has 0 aliphatic carbocycles. The lowest BCUT2D eigenvalue weighted by atomic mass is 10.1. The Bertz CT molecular complexity index is 508. The molecule has 0 saturated carbocycles. The van der Waals surface area contributed by atoms with Gasteiger partial charge in [-0.25, -0.2) is 18.4 Å². The molecule has 122 valence electrons. The van der Waals surface area contributed by atoms with Crippen molar-refractivity contribution in [3.63, 3.8) is 0 Å². The first kappa shape index (κ1) is 17.8. The van der Waals surface area contributed by atoms with Crippen LogP contribution in [-0.2, 0) is 6.54 Å². The molecule has 1 rings (SSSR count). The van der Waals surface area contributed by atoms with E-state index in [0.29, 0.717) is 5.56 Å². The van der Waals surface area contributed by atoms with Gasteiger partial charge < -0.3 is 20.8 Å². The van der Waals surface area contributed by atoms with Crippen LogP contribution >= 0.6 is 0 Å². The quantitative estimate of drug-likeness (QED) is 0.614. The van der Waals surface area contributed by atoms with Crippen LogP contribution in [0.5, 0.6) is 0 Å². The summed E-state index contributed by atoms with van der Waals surface area (Å²) in [4.78, 5) is 22.3. The first-order valence-corrected chi connectivity index (χ1v) is 6.68. The van der Waals surface area contributed by atoms with Gasteiger partial charge in [-0.2, -0.15) is 0 Å². The van der Waals surface area contributed by atoms with E-state index < -0.39 is 30.6 Å². The van der Waals surface area contributed by atoms with E-state index >= 15 is 0 Å². The Kier molecular flexibility index (Phi) is 6.71. The van der Waals surface area contributed by atoms with Crippen molar-refractivity contribution in [3.8, 4) is 0 Å². The molecule has 0 aliphatic heterocycles. The number of carbonyl (C=O) groups is 2. The van der Waals surface area contributed by atoms with Gasteiger partial charge in [0.2, 0.25) is 0 Å². The van der Waals surface area contributed by atoms with Crippen LogP contribution in [-0.4, -0.2) is 40.8 Å². The largest absolute Gasteiger partial charge is 0.478 e. The number of rotatable bonds is 7. The summed E-state index contributed by atoms with van der Waals surface area (Å²) in [5, 5.41) is 22.7. The van der Waals surface area contributed by atoms with Gasteiger partial charge in [-0.3, -0.25) is 0 Å². The predicted octanol–water partition coefficient (Wildman–Crippen LogP) is 1.59. The molecule has 1 aromatic carbocycles. The van der Waals surface area contributed by atoms with E-state index in [1.807, 2.05) is 0 Å². The SMILES string of the molecule is CCC(NC(=O)NCc1ccc(C(=O)O)cc1)C(O)C(F)F. The third kappa shape index (κ3) is 5.28. The highest BCUT2D eigenvalue weighted by Crippen LogP contribution is 2.08. The third-order valence-corrected chi connectivity index (χ3v) is 3.08. The fourth-order valence-electron chi connectivity index (χ4n) is 1.77. The lowest BCUT2D eigenvalue weighted by Crippen LogP contribution is -2.49. The molecule has 0 aliphatic rings. The zero-order valence-corrected chi connectivity index (χ0v) is 11.9. The van der Waals surface area contributed by atoms with Gasteiger partial charge in [0, 0.05) is 6.54 Å². The van der Waals surface area contributed by atoms with Crippen molar-refractivity contribution in [1.82, 2.24) is 10.6 Å². The third-order valence-electron chi connectivity index (χ3n) is 3.08. The van der Waals surface area contributed by atoms with Gasteiger partial charge in [-0.15, -0.1) is 0 Å². The zero-order chi connectivity index (χ0) is 16.7. The second-order valence-corrected chi connectivity index (χ2v) is 4.67. The monoisotopic (exact) mass is 316 g/mol. The number of aromatic carboxylic acids is 1. The Balaban J connectivity index is 2.49. The van der Waals surface area contributed by atoms with Gasteiger partial charge in [-0.05, 0) is 24.1 Å². The van der Waals surface area contributed by atoms with Gasteiger partial charge in [0.05, 0.1) is 11.6 Å². The van der Waals surface area contributed by atoms with E-state index in [2.05, 4.69) is 10.6 Å². The molecule has 0 aromatic heterocycles. The van der Waals surface area contributed by atoms with Crippen molar-refractivity contribution < 1.29 is 28.6 Å². The van der Waals surface area contributed by atoms with Crippen LogP contribution in [0.15, 0.2) is 24.3 Å². The number of amides is 2. The molecular formula is C14H18F2N2O4. The van der Waals surface area contributed by atoms with E-state index in [1.54, 1.807) is 6.92 Å². The Hall–Kier alpha value is -2.22. The highest BCUT2D eigenvalue weighted by molar-refractivity contribution is 5.87. The van der Waals surface area contributed by atoms with Crippen molar-refractivity contribution in [2.45, 2.75) is 38.5 Å². The van der Waals surface area contributed by atoms with Gasteiger partial charge in [0.15, 0.2) is 0 Å². The number of halogens is 2. The summed E-state index contributed by atoms with van der Waals surface area (Å²) in [6.07, 6.45) is -4.70. The van der Waals surface area contributed by atoms with E-state index in [9.17, 15) is 23.5 Å². The van der Waals surface area contributed by atoms with Crippen LogP contribution < -0.4 is 10.6 Å². The molecule has 22 heavy (non-hydrogen) atoms. The van der Waals surface area contributed by atoms with Crippen LogP contribution in [0.1, 0.15) is 29.3 Å². The molecule has 4 N–H and O–H groups in total. The first-order chi connectivity index (χ1) is 10.3. The van der Waals surface area contributed by atoms with Gasteiger partial charge in [0.25, 0.3) is 6.43 Å². The van der Waals surface area contributed by atoms with Crippen molar-refractivity contribution in [1.29, 1.82) is 0 Å². The number of benzene rings is 1. The standard InChI is InChI=1S/C14H18F2N2O4/c1-2-10(11(19)12(15)16)18-14(22)17-7-8-3-5-9(6-4-8)13(20)21/h3-6,10-12,19H,2,7H2,1H3,(H,20,21)(H2,17,18,22). The van der Waals surface area contributed by atoms with Crippen LogP contribution in [0.25, 0.3) is 0 Å². The summed E-state index contributed by atoms with van der Waals surface area (Å²) >= 11 is 0. The van der Waals surface area contributed by atoms with Gasteiger partial charge in [-0.1, -0.05) is 19.1 Å². The van der Waals surface area contributed by atoms with Crippen LogP contribution in [0.2, 0.25) is 0 Å². The number of alkyl halides is 2. The fourth-order valence-corrected chi connectivity index (χ4v) is 1.77. The summed E-state index contributed by atoms with van der Waals surface area (Å²) in [5.41, 5.74) is 0.780. The van der Waals surface area contributed by atoms with Crippen molar-refractivity contribution in [3.05, 3.63) is 35.4 Å². The van der Waals surface area contributed by atoms with E-state index in [1.165, 1.54) is 24.3 Å². The second kappa shape index (κ2) is 8.28. The highest BCUT2D eigenvalue weighted by atomic mass is 19.3. The van der Waals surface area contributed by atoms with Gasteiger partial charge >= 0.3 is 12.0 Å². The molecule has 8 heteroatoms. The Morgan fingerprint density at radius 2 is 1.82 bits per heavy atom. The van der Waals surface area contributed by atoms with Crippen LogP contribution in [0.4, 0.5) is 13.6 Å². The number of carboxylic acids is 1. The molecule has 2 unspecified atom stereocenters. The predicted molar refractivity (Wildman–Crippen MR) is 74.9 cm³/mol. The van der Waals surface area contributed by atoms with Crippen LogP contribution in [0.3, 0.4) is 0 Å². The second-order valence-electron chi connectivity index (χ2n) is 4.67. The van der Waals surface area contributed by atoms with Crippen molar-refractivity contribution in [2.75, 3.05) is 0 Å². The summed E-state index contributed by atoms with van der Waals surface area (Å²) < 4.78 is 24.8. The molecule has 0 bridgehead atoms. The highest BCUT2D eigenvalue weighted by Gasteiger charge is 2.27. The Morgan fingerprint density at radius 3 is 2.27 bits per heavy atom. The summed E-state index contributed by atoms with van der Waals surface area (Å²) in [6, 6.07) is 4.13. The summed E-state index contributed by atoms with van der Waals surface area (Å²) in [6.45, 7) is 1.67. The maximum absolute atomic E-state index is 12.4. The number of carbonyl (C=O) groups excluding carboxylic acids is 1. The minimum Gasteiger partial charge on any atom is -0.478 e. The normalized spacial score (nSPS) is 13.5. The van der Waals surface area contributed by atoms with Crippen molar-refractivity contribution in [2.24, 2.45) is 0 Å². The average Bonchev–Trinajstić information content (AvgIpc) is 2.50. The minimum atomic E-state index is -2.94. The molecule has 1 aromatic rings. The fraction of sp³-hybridized carbons (Fsp3) is 0.429. The number of urea groups is 1. The maximum atomic E-state index is 12.4. The summed E-state index contributed by atoms with van der Waals surface area (Å²) in [5.74, 6) is -1.05. The number of hydrogen-bond donors (Lipinski definition) is 4. The lowest BCUT2D eigenvalue weighted by Gasteiger charge is -2.22. The number of aliphatic hydroxyl groups is 1. The van der Waals surface area contributed by atoms with Crippen molar-refractivity contribution >= 4 is 12.0 Å². The average molecular weight is 316 g/mol. The summed E-state index contributed by atoms with van der Waals surface area (Å²) in [7, 11) is 0. The molecular weight excluding hydrogens is 298 g/mol. The molecule has 0 saturated heterocycles. The zero-order valence-electron chi connectivity index (χ0n) is 11.9. The molecule has 0 fully saturated rings. The molecule has 2 atom stereocenters. The van der Waals surface area contributed by atoms with Crippen LogP contribution in [0, 0.1) is 0 Å². The first-order valence-electron chi connectivity index (χ1n) is 6.68. The number of hydrogen-bond acceptors (Lipinski definition) is 3. The number of carboxylic acid groups (broad SMARTS) is 1. The molecule has 6 nitrogen and oxygen atoms in total. The maximum Gasteiger partial charge on any atom is 0.335 e. The van der Waals surface area contributed by atoms with Gasteiger partial charge in [0.1, 0.15) is 6.10 Å². The van der Waals surface area contributed by atoms with E-state index in [4.69, 9.17) is 5.11 Å². The molecule has 0 heterocycles. The number of nitrogens with one attached hydrogen (secondary N) is 2. The lowest BCUT2D eigenvalue weighted by molar-refractivity contribution is -0.0242. The van der Waals surface area contributed by atoms with E-state index in [-0.39, 0.29) is 18.5 Å². The Labute approximate surface area is 126 Å². The number of aliphatic hydroxyl groups excluding tert-OH is 1. The molecule has 0 radical (unpaired) electrons. The minimum absolute atomic E-state index is 0.104. The van der Waals surface area contributed by atoms with E-state index in [0.717, 1.165) is 0 Å². The Morgan fingerprint density at radius 1 is 1.23 bits per heavy atom. The topological polar surface area (TPSA) is 98.7 Å². The molecule has 0 spiro atoms.